The molecule has 1 saturated carbocycles. The van der Waals surface area contributed by atoms with Gasteiger partial charge in [0, 0.05) is 31.7 Å². The smallest absolute Gasteiger partial charge is 0.315 e. The minimum Gasteiger partial charge on any atom is -0.336 e. The Hall–Kier alpha value is -2.04. The number of carbonyl (C=O) groups excluding carboxylic acids is 2. The van der Waals surface area contributed by atoms with Gasteiger partial charge in [0.05, 0.1) is 0 Å². The van der Waals surface area contributed by atoms with Crippen LogP contribution in [0.3, 0.4) is 0 Å². The van der Waals surface area contributed by atoms with Crippen molar-refractivity contribution in [3.8, 4) is 0 Å². The molecule has 0 unspecified atom stereocenters. The third kappa shape index (κ3) is 5.06. The van der Waals surface area contributed by atoms with Crippen LogP contribution in [0.5, 0.6) is 0 Å². The monoisotopic (exact) mass is 303 g/mol. The van der Waals surface area contributed by atoms with Crippen LogP contribution in [0.1, 0.15) is 39.0 Å². The molecule has 1 aromatic carbocycles. The molecule has 0 bridgehead atoms. The number of rotatable bonds is 5. The summed E-state index contributed by atoms with van der Waals surface area (Å²) >= 11 is 0. The number of amides is 3. The van der Waals surface area contributed by atoms with Crippen LogP contribution in [0.4, 0.5) is 10.5 Å². The second-order valence-electron chi connectivity index (χ2n) is 5.74. The van der Waals surface area contributed by atoms with Crippen molar-refractivity contribution in [3.05, 3.63) is 30.3 Å². The maximum Gasteiger partial charge on any atom is 0.315 e. The molecule has 0 radical (unpaired) electrons. The van der Waals surface area contributed by atoms with E-state index >= 15 is 0 Å². The van der Waals surface area contributed by atoms with Gasteiger partial charge in [-0.2, -0.15) is 0 Å². The Bertz CT molecular complexity index is 484. The number of para-hydroxylation sites is 1. The molecule has 120 valence electrons. The minimum absolute atomic E-state index is 0.0271. The first-order valence-electron chi connectivity index (χ1n) is 8.04. The van der Waals surface area contributed by atoms with E-state index in [0.717, 1.165) is 18.5 Å². The van der Waals surface area contributed by atoms with E-state index in [1.165, 1.54) is 26.2 Å². The molecule has 1 aliphatic carbocycles. The molecule has 3 amide bonds. The largest absolute Gasteiger partial charge is 0.336 e. The summed E-state index contributed by atoms with van der Waals surface area (Å²) in [4.78, 5) is 25.3. The Morgan fingerprint density at radius 3 is 2.45 bits per heavy atom. The van der Waals surface area contributed by atoms with E-state index in [1.54, 1.807) is 4.90 Å². The number of anilines is 1. The van der Waals surface area contributed by atoms with Gasteiger partial charge in [0.2, 0.25) is 5.91 Å². The Balaban J connectivity index is 1.75. The zero-order valence-electron chi connectivity index (χ0n) is 13.2. The molecule has 2 N–H and O–H groups in total. The zero-order valence-corrected chi connectivity index (χ0v) is 13.2. The lowest BCUT2D eigenvalue weighted by molar-refractivity contribution is -0.116. The molecule has 1 aromatic rings. The first kappa shape index (κ1) is 16.3. The summed E-state index contributed by atoms with van der Waals surface area (Å²) in [6, 6.07) is 9.66. The highest BCUT2D eigenvalue weighted by Gasteiger charge is 2.16. The second-order valence-corrected chi connectivity index (χ2v) is 5.74. The van der Waals surface area contributed by atoms with E-state index in [1.807, 2.05) is 30.3 Å². The van der Waals surface area contributed by atoms with Gasteiger partial charge in [-0.1, -0.05) is 37.5 Å². The van der Waals surface area contributed by atoms with Crippen molar-refractivity contribution in [3.63, 3.8) is 0 Å². The first-order valence-corrected chi connectivity index (χ1v) is 8.04. The first-order chi connectivity index (χ1) is 10.7. The molecule has 0 aromatic heterocycles. The van der Waals surface area contributed by atoms with Gasteiger partial charge >= 0.3 is 6.03 Å². The average molecular weight is 303 g/mol. The topological polar surface area (TPSA) is 61.4 Å². The fourth-order valence-corrected chi connectivity index (χ4v) is 2.84. The molecule has 22 heavy (non-hydrogen) atoms. The van der Waals surface area contributed by atoms with Gasteiger partial charge in [0.1, 0.15) is 0 Å². The summed E-state index contributed by atoms with van der Waals surface area (Å²) in [6.45, 7) is 2.44. The summed E-state index contributed by atoms with van der Waals surface area (Å²) < 4.78 is 0. The molecule has 1 aliphatic rings. The van der Waals surface area contributed by atoms with E-state index < -0.39 is 0 Å². The molecule has 2 rings (SSSR count). The maximum atomic E-state index is 11.9. The van der Waals surface area contributed by atoms with E-state index in [0.29, 0.717) is 19.1 Å². The predicted molar refractivity (Wildman–Crippen MR) is 87.9 cm³/mol. The van der Waals surface area contributed by atoms with E-state index in [2.05, 4.69) is 10.6 Å². The van der Waals surface area contributed by atoms with Crippen molar-refractivity contribution in [2.45, 2.75) is 45.1 Å². The molecule has 0 aliphatic heterocycles. The highest BCUT2D eigenvalue weighted by Crippen LogP contribution is 2.17. The Morgan fingerprint density at radius 2 is 1.82 bits per heavy atom. The molecule has 0 heterocycles. The number of hydrogen-bond acceptors (Lipinski definition) is 2. The van der Waals surface area contributed by atoms with Crippen molar-refractivity contribution in [2.75, 3.05) is 18.0 Å². The molecular formula is C17H25N3O2. The number of hydrogen-bond donors (Lipinski definition) is 2. The van der Waals surface area contributed by atoms with Gasteiger partial charge in [-0.3, -0.25) is 4.79 Å². The van der Waals surface area contributed by atoms with Gasteiger partial charge in [-0.05, 0) is 25.0 Å². The summed E-state index contributed by atoms with van der Waals surface area (Å²) in [5.74, 6) is -0.0271. The standard InChI is InChI=1S/C17H25N3O2/c1-14(21)20(16-10-6-3-7-11-16)13-12-18-17(22)19-15-8-4-2-5-9-15/h3,6-7,10-11,15H,2,4-5,8-9,12-13H2,1H3,(H2,18,19,22). The number of benzene rings is 1. The molecule has 5 heteroatoms. The lowest BCUT2D eigenvalue weighted by atomic mass is 9.96. The van der Waals surface area contributed by atoms with Crippen molar-refractivity contribution in [1.82, 2.24) is 10.6 Å². The highest BCUT2D eigenvalue weighted by atomic mass is 16.2. The number of carbonyl (C=O) groups is 2. The van der Waals surface area contributed by atoms with E-state index in [9.17, 15) is 9.59 Å². The van der Waals surface area contributed by atoms with Crippen LogP contribution in [-0.2, 0) is 4.79 Å². The van der Waals surface area contributed by atoms with Crippen LogP contribution in [0.25, 0.3) is 0 Å². The second kappa shape index (κ2) is 8.41. The Kier molecular flexibility index (Phi) is 6.25. The lowest BCUT2D eigenvalue weighted by Gasteiger charge is -2.24. The summed E-state index contributed by atoms with van der Waals surface area (Å²) in [5, 5.41) is 5.85. The number of nitrogens with one attached hydrogen (secondary N) is 2. The third-order valence-electron chi connectivity index (χ3n) is 4.01. The summed E-state index contributed by atoms with van der Waals surface area (Å²) in [7, 11) is 0. The predicted octanol–water partition coefficient (Wildman–Crippen LogP) is 2.67. The van der Waals surface area contributed by atoms with Crippen LogP contribution >= 0.6 is 0 Å². The molecule has 0 saturated heterocycles. The quantitative estimate of drug-likeness (QED) is 0.878. The maximum absolute atomic E-state index is 11.9. The average Bonchev–Trinajstić information content (AvgIpc) is 2.53. The van der Waals surface area contributed by atoms with Gasteiger partial charge in [0.25, 0.3) is 0 Å². The molecular weight excluding hydrogens is 278 g/mol. The van der Waals surface area contributed by atoms with E-state index in [4.69, 9.17) is 0 Å². The minimum atomic E-state index is -0.136. The van der Waals surface area contributed by atoms with Crippen molar-refractivity contribution >= 4 is 17.6 Å². The molecule has 1 fully saturated rings. The Morgan fingerprint density at radius 1 is 1.14 bits per heavy atom. The van der Waals surface area contributed by atoms with Crippen LogP contribution in [0.15, 0.2) is 30.3 Å². The van der Waals surface area contributed by atoms with Gasteiger partial charge in [-0.25, -0.2) is 4.79 Å². The van der Waals surface area contributed by atoms with Crippen LogP contribution in [-0.4, -0.2) is 31.1 Å². The Labute approximate surface area is 132 Å². The number of nitrogens with zero attached hydrogens (tertiary/aromatic N) is 1. The normalized spacial score (nSPS) is 15.1. The van der Waals surface area contributed by atoms with Gasteiger partial charge in [-0.15, -0.1) is 0 Å². The van der Waals surface area contributed by atoms with Crippen molar-refractivity contribution in [2.24, 2.45) is 0 Å². The highest BCUT2D eigenvalue weighted by molar-refractivity contribution is 5.91. The molecule has 5 nitrogen and oxygen atoms in total. The number of urea groups is 1. The SMILES string of the molecule is CC(=O)N(CCNC(=O)NC1CCCCC1)c1ccccc1. The van der Waals surface area contributed by atoms with Crippen molar-refractivity contribution < 1.29 is 9.59 Å². The van der Waals surface area contributed by atoms with Crippen molar-refractivity contribution in [1.29, 1.82) is 0 Å². The molecule has 0 atom stereocenters. The lowest BCUT2D eigenvalue weighted by Crippen LogP contribution is -2.45. The van der Waals surface area contributed by atoms with Crippen LogP contribution in [0, 0.1) is 0 Å². The van der Waals surface area contributed by atoms with E-state index in [-0.39, 0.29) is 11.9 Å². The van der Waals surface area contributed by atoms with Gasteiger partial charge in [0.15, 0.2) is 0 Å². The summed E-state index contributed by atoms with van der Waals surface area (Å²) in [6.07, 6.45) is 5.78. The fourth-order valence-electron chi connectivity index (χ4n) is 2.84. The van der Waals surface area contributed by atoms with Crippen LogP contribution in [0.2, 0.25) is 0 Å². The van der Waals surface area contributed by atoms with Crippen LogP contribution < -0.4 is 15.5 Å². The zero-order chi connectivity index (χ0) is 15.8. The summed E-state index contributed by atoms with van der Waals surface area (Å²) in [5.41, 5.74) is 0.851. The van der Waals surface area contributed by atoms with Gasteiger partial charge < -0.3 is 15.5 Å². The molecule has 0 spiro atoms. The third-order valence-corrected chi connectivity index (χ3v) is 4.01. The fraction of sp³-hybridized carbons (Fsp3) is 0.529.